The van der Waals surface area contributed by atoms with Crippen LogP contribution in [0.15, 0.2) is 24.3 Å². The summed E-state index contributed by atoms with van der Waals surface area (Å²) in [6, 6.07) is 8.33. The van der Waals surface area contributed by atoms with Gasteiger partial charge in [0, 0.05) is 0 Å². The first kappa shape index (κ1) is 14.1. The second-order valence-electron chi connectivity index (χ2n) is 6.09. The minimum absolute atomic E-state index is 0.571. The first-order chi connectivity index (χ1) is 9.00. The molecule has 0 aliphatic carbocycles. The molecule has 0 spiro atoms. The topological polar surface area (TPSA) is 49.3 Å². The van der Waals surface area contributed by atoms with Crippen molar-refractivity contribution in [1.29, 1.82) is 0 Å². The summed E-state index contributed by atoms with van der Waals surface area (Å²) in [5.74, 6) is -0.158. The van der Waals surface area contributed by atoms with Gasteiger partial charge in [-0.3, -0.25) is 4.79 Å². The van der Waals surface area contributed by atoms with Crippen molar-refractivity contribution in [2.45, 2.75) is 39.0 Å². The maximum atomic E-state index is 11.3. The van der Waals surface area contributed by atoms with Crippen LogP contribution >= 0.6 is 0 Å². The fourth-order valence-corrected chi connectivity index (χ4v) is 2.78. The van der Waals surface area contributed by atoms with E-state index in [4.69, 9.17) is 0 Å². The summed E-state index contributed by atoms with van der Waals surface area (Å²) in [6.07, 6.45) is 2.89. The summed E-state index contributed by atoms with van der Waals surface area (Å²) >= 11 is 0. The summed E-state index contributed by atoms with van der Waals surface area (Å²) in [6.45, 7) is 5.71. The first-order valence-corrected chi connectivity index (χ1v) is 7.02. The lowest BCUT2D eigenvalue weighted by atomic mass is 9.80. The van der Waals surface area contributed by atoms with Crippen molar-refractivity contribution >= 4 is 5.97 Å². The zero-order valence-corrected chi connectivity index (χ0v) is 11.8. The predicted octanol–water partition coefficient (Wildman–Crippen LogP) is 2.81. The second-order valence-corrected chi connectivity index (χ2v) is 6.09. The fraction of sp³-hybridized carbons (Fsp3) is 0.562. The van der Waals surface area contributed by atoms with Crippen molar-refractivity contribution in [2.75, 3.05) is 13.1 Å². The van der Waals surface area contributed by atoms with Crippen molar-refractivity contribution in [3.05, 3.63) is 35.4 Å². The van der Waals surface area contributed by atoms with E-state index >= 15 is 0 Å². The Hall–Kier alpha value is -1.35. The van der Waals surface area contributed by atoms with Crippen LogP contribution in [0.25, 0.3) is 0 Å². The summed E-state index contributed by atoms with van der Waals surface area (Å²) in [5, 5.41) is 12.7. The smallest absolute Gasteiger partial charge is 0.309 e. The van der Waals surface area contributed by atoms with E-state index in [-0.39, 0.29) is 0 Å². The Morgan fingerprint density at radius 2 is 1.95 bits per heavy atom. The van der Waals surface area contributed by atoms with Gasteiger partial charge in [-0.25, -0.2) is 0 Å². The van der Waals surface area contributed by atoms with Gasteiger partial charge < -0.3 is 10.4 Å². The standard InChI is InChI=1S/C16H23NO2/c1-16(2,15(18)19)11-13-5-3-4-6-14(13)12-7-9-17-10-8-12/h3-6,12,17H,7-11H2,1-2H3,(H,18,19). The van der Waals surface area contributed by atoms with Crippen LogP contribution in [0.1, 0.15) is 43.7 Å². The Labute approximate surface area is 115 Å². The molecule has 0 aromatic heterocycles. The Morgan fingerprint density at radius 1 is 1.32 bits per heavy atom. The van der Waals surface area contributed by atoms with E-state index < -0.39 is 11.4 Å². The van der Waals surface area contributed by atoms with Crippen LogP contribution in [0, 0.1) is 5.41 Å². The molecule has 0 saturated carbocycles. The Balaban J connectivity index is 2.23. The number of hydrogen-bond acceptors (Lipinski definition) is 2. The predicted molar refractivity (Wildman–Crippen MR) is 76.4 cm³/mol. The second kappa shape index (κ2) is 5.74. The third kappa shape index (κ3) is 3.35. The summed E-state index contributed by atoms with van der Waals surface area (Å²) in [5.41, 5.74) is 1.84. The molecule has 1 heterocycles. The third-order valence-corrected chi connectivity index (χ3v) is 4.05. The maximum Gasteiger partial charge on any atom is 0.309 e. The van der Waals surface area contributed by atoms with Gasteiger partial charge in [0.1, 0.15) is 0 Å². The SMILES string of the molecule is CC(C)(Cc1ccccc1C1CCNCC1)C(=O)O. The van der Waals surface area contributed by atoms with Crippen LogP contribution in [-0.2, 0) is 11.2 Å². The van der Waals surface area contributed by atoms with Crippen molar-refractivity contribution in [3.8, 4) is 0 Å². The number of hydrogen-bond donors (Lipinski definition) is 2. The minimum Gasteiger partial charge on any atom is -0.481 e. The molecular weight excluding hydrogens is 238 g/mol. The zero-order valence-electron chi connectivity index (χ0n) is 11.8. The van der Waals surface area contributed by atoms with Crippen molar-refractivity contribution in [3.63, 3.8) is 0 Å². The van der Waals surface area contributed by atoms with Crippen LogP contribution in [-0.4, -0.2) is 24.2 Å². The highest BCUT2D eigenvalue weighted by atomic mass is 16.4. The molecule has 0 amide bonds. The molecule has 3 heteroatoms. The van der Waals surface area contributed by atoms with Gasteiger partial charge in [-0.05, 0) is 63.2 Å². The van der Waals surface area contributed by atoms with E-state index in [9.17, 15) is 9.90 Å². The van der Waals surface area contributed by atoms with E-state index in [1.165, 1.54) is 11.1 Å². The van der Waals surface area contributed by atoms with Crippen molar-refractivity contribution in [1.82, 2.24) is 5.32 Å². The van der Waals surface area contributed by atoms with Crippen molar-refractivity contribution < 1.29 is 9.90 Å². The van der Waals surface area contributed by atoms with Gasteiger partial charge in [-0.1, -0.05) is 24.3 Å². The Bertz CT molecular complexity index is 448. The van der Waals surface area contributed by atoms with Gasteiger partial charge in [0.15, 0.2) is 0 Å². The molecule has 1 aliphatic heterocycles. The minimum atomic E-state index is -0.729. The number of piperidine rings is 1. The molecule has 0 atom stereocenters. The number of rotatable bonds is 4. The lowest BCUT2D eigenvalue weighted by molar-refractivity contribution is -0.146. The van der Waals surface area contributed by atoms with Gasteiger partial charge >= 0.3 is 5.97 Å². The van der Waals surface area contributed by atoms with Gasteiger partial charge in [0.05, 0.1) is 5.41 Å². The van der Waals surface area contributed by atoms with Crippen LogP contribution in [0.5, 0.6) is 0 Å². The third-order valence-electron chi connectivity index (χ3n) is 4.05. The monoisotopic (exact) mass is 261 g/mol. The highest BCUT2D eigenvalue weighted by Crippen LogP contribution is 2.32. The summed E-state index contributed by atoms with van der Waals surface area (Å²) < 4.78 is 0. The summed E-state index contributed by atoms with van der Waals surface area (Å²) in [4.78, 5) is 11.3. The van der Waals surface area contributed by atoms with Crippen molar-refractivity contribution in [2.24, 2.45) is 5.41 Å². The average molecular weight is 261 g/mol. The molecule has 104 valence electrons. The normalized spacial score (nSPS) is 17.4. The molecule has 3 nitrogen and oxygen atoms in total. The molecule has 1 aromatic carbocycles. The molecule has 2 N–H and O–H groups in total. The van der Waals surface area contributed by atoms with E-state index in [0.29, 0.717) is 12.3 Å². The molecule has 1 aromatic rings. The molecule has 19 heavy (non-hydrogen) atoms. The van der Waals surface area contributed by atoms with Crippen LogP contribution < -0.4 is 5.32 Å². The summed E-state index contributed by atoms with van der Waals surface area (Å²) in [7, 11) is 0. The average Bonchev–Trinajstić information content (AvgIpc) is 2.40. The number of aliphatic carboxylic acids is 1. The molecule has 0 radical (unpaired) electrons. The molecule has 1 saturated heterocycles. The van der Waals surface area contributed by atoms with Crippen LogP contribution in [0.4, 0.5) is 0 Å². The van der Waals surface area contributed by atoms with Gasteiger partial charge in [0.25, 0.3) is 0 Å². The van der Waals surface area contributed by atoms with E-state index in [0.717, 1.165) is 25.9 Å². The quantitative estimate of drug-likeness (QED) is 0.876. The van der Waals surface area contributed by atoms with Crippen LogP contribution in [0.3, 0.4) is 0 Å². The largest absolute Gasteiger partial charge is 0.481 e. The number of carbonyl (C=O) groups is 1. The van der Waals surface area contributed by atoms with Gasteiger partial charge in [-0.2, -0.15) is 0 Å². The molecule has 0 bridgehead atoms. The maximum absolute atomic E-state index is 11.3. The Kier molecular flexibility index (Phi) is 4.25. The van der Waals surface area contributed by atoms with E-state index in [1.54, 1.807) is 13.8 Å². The Morgan fingerprint density at radius 3 is 2.58 bits per heavy atom. The number of nitrogens with one attached hydrogen (secondary N) is 1. The molecule has 0 unspecified atom stereocenters. The lowest BCUT2D eigenvalue weighted by Gasteiger charge is -2.27. The van der Waals surface area contributed by atoms with Gasteiger partial charge in [-0.15, -0.1) is 0 Å². The lowest BCUT2D eigenvalue weighted by Crippen LogP contribution is -2.29. The fourth-order valence-electron chi connectivity index (χ4n) is 2.78. The number of benzene rings is 1. The van der Waals surface area contributed by atoms with Crippen LogP contribution in [0.2, 0.25) is 0 Å². The molecule has 1 aliphatic rings. The number of carboxylic acid groups (broad SMARTS) is 1. The van der Waals surface area contributed by atoms with E-state index in [2.05, 4.69) is 23.5 Å². The van der Waals surface area contributed by atoms with Gasteiger partial charge in [0.2, 0.25) is 0 Å². The zero-order chi connectivity index (χ0) is 13.9. The first-order valence-electron chi connectivity index (χ1n) is 7.02. The number of carboxylic acids is 1. The van der Waals surface area contributed by atoms with E-state index in [1.807, 2.05) is 6.07 Å². The highest BCUT2D eigenvalue weighted by Gasteiger charge is 2.29. The molecule has 1 fully saturated rings. The molecule has 2 rings (SSSR count). The molecular formula is C16H23NO2. The highest BCUT2D eigenvalue weighted by molar-refractivity contribution is 5.74.